The highest BCUT2D eigenvalue weighted by molar-refractivity contribution is 6.31. The highest BCUT2D eigenvalue weighted by Crippen LogP contribution is 2.24. The second-order valence-corrected chi connectivity index (χ2v) is 4.49. The summed E-state index contributed by atoms with van der Waals surface area (Å²) in [5.41, 5.74) is 2.43. The van der Waals surface area contributed by atoms with Gasteiger partial charge in [0.25, 0.3) is 0 Å². The van der Waals surface area contributed by atoms with Crippen molar-refractivity contribution in [1.82, 2.24) is 9.78 Å². The van der Waals surface area contributed by atoms with E-state index in [4.69, 9.17) is 22.1 Å². The number of allylic oxidation sites excluding steroid dienone is 1. The molecule has 98 valence electrons. The van der Waals surface area contributed by atoms with E-state index in [2.05, 4.69) is 10.4 Å². The maximum atomic E-state index is 8.72. The van der Waals surface area contributed by atoms with Gasteiger partial charge in [-0.1, -0.05) is 11.6 Å². The van der Waals surface area contributed by atoms with Crippen molar-refractivity contribution >= 4 is 17.3 Å². The molecule has 1 N–H and O–H groups in total. The van der Waals surface area contributed by atoms with E-state index in [9.17, 15) is 0 Å². The normalized spacial score (nSPS) is 9.40. The van der Waals surface area contributed by atoms with E-state index in [0.29, 0.717) is 10.7 Å². The summed E-state index contributed by atoms with van der Waals surface area (Å²) in [6.07, 6.45) is 4.95. The lowest BCUT2D eigenvalue weighted by atomic mass is 10.2. The molecule has 5 nitrogen and oxygen atoms in total. The average molecular weight is 284 g/mol. The molecule has 1 heterocycles. The quantitative estimate of drug-likeness (QED) is 0.878. The Bertz CT molecular complexity index is 730. The van der Waals surface area contributed by atoms with Crippen molar-refractivity contribution in [3.8, 4) is 17.8 Å². The van der Waals surface area contributed by atoms with Gasteiger partial charge in [0.05, 0.1) is 17.6 Å². The first-order valence-corrected chi connectivity index (χ1v) is 6.10. The molecule has 0 amide bonds. The van der Waals surface area contributed by atoms with Crippen LogP contribution in [0.15, 0.2) is 42.4 Å². The van der Waals surface area contributed by atoms with E-state index in [0.717, 1.165) is 11.3 Å². The fraction of sp³-hybridized carbons (Fsp3) is 0.0714. The van der Waals surface area contributed by atoms with Crippen LogP contribution in [-0.2, 0) is 0 Å². The summed E-state index contributed by atoms with van der Waals surface area (Å²) in [6.45, 7) is 1.94. The molecule has 0 saturated heterocycles. The van der Waals surface area contributed by atoms with Gasteiger partial charge in [0.2, 0.25) is 0 Å². The van der Waals surface area contributed by atoms with Crippen molar-refractivity contribution in [2.45, 2.75) is 6.92 Å². The number of aromatic nitrogens is 2. The number of benzene rings is 1. The number of hydrogen-bond acceptors (Lipinski definition) is 4. The summed E-state index contributed by atoms with van der Waals surface area (Å²) < 4.78 is 1.69. The predicted molar refractivity (Wildman–Crippen MR) is 76.2 cm³/mol. The van der Waals surface area contributed by atoms with Gasteiger partial charge in [0.1, 0.15) is 17.7 Å². The molecule has 0 unspecified atom stereocenters. The first-order chi connectivity index (χ1) is 9.63. The van der Waals surface area contributed by atoms with E-state index >= 15 is 0 Å². The van der Waals surface area contributed by atoms with Crippen molar-refractivity contribution in [2.24, 2.45) is 0 Å². The molecular formula is C14H10ClN5. The SMILES string of the molecule is Cc1cnn(-c2ccc(Cl)cc2NC=C(C#N)C#N)c1. The number of nitriles is 2. The zero-order chi connectivity index (χ0) is 14.5. The predicted octanol–water partition coefficient (Wildman–Crippen LogP) is 3.18. The van der Waals surface area contributed by atoms with Crippen molar-refractivity contribution < 1.29 is 0 Å². The van der Waals surface area contributed by atoms with Crippen molar-refractivity contribution in [3.63, 3.8) is 0 Å². The van der Waals surface area contributed by atoms with E-state index in [-0.39, 0.29) is 5.57 Å². The van der Waals surface area contributed by atoms with Gasteiger partial charge < -0.3 is 5.32 Å². The molecule has 1 aromatic carbocycles. The Morgan fingerprint density at radius 2 is 2.15 bits per heavy atom. The van der Waals surface area contributed by atoms with Crippen LogP contribution in [0.1, 0.15) is 5.56 Å². The number of nitrogens with zero attached hydrogens (tertiary/aromatic N) is 4. The fourth-order valence-corrected chi connectivity index (χ4v) is 1.78. The number of nitrogens with one attached hydrogen (secondary N) is 1. The monoisotopic (exact) mass is 283 g/mol. The summed E-state index contributed by atoms with van der Waals surface area (Å²) in [5.74, 6) is 0. The number of aryl methyl sites for hydroxylation is 1. The summed E-state index contributed by atoms with van der Waals surface area (Å²) in [4.78, 5) is 0. The molecular weight excluding hydrogens is 274 g/mol. The molecule has 6 heteroatoms. The summed E-state index contributed by atoms with van der Waals surface area (Å²) in [5, 5.41) is 25.1. The van der Waals surface area contributed by atoms with Crippen molar-refractivity contribution in [3.05, 3.63) is 53.0 Å². The van der Waals surface area contributed by atoms with Gasteiger partial charge in [0, 0.05) is 17.4 Å². The molecule has 0 radical (unpaired) electrons. The van der Waals surface area contributed by atoms with Crippen LogP contribution in [-0.4, -0.2) is 9.78 Å². The molecule has 0 saturated carbocycles. The lowest BCUT2D eigenvalue weighted by Gasteiger charge is -2.09. The maximum absolute atomic E-state index is 8.72. The van der Waals surface area contributed by atoms with Crippen LogP contribution in [0.2, 0.25) is 5.02 Å². The van der Waals surface area contributed by atoms with Gasteiger partial charge in [-0.05, 0) is 30.7 Å². The van der Waals surface area contributed by atoms with E-state index in [1.54, 1.807) is 35.1 Å². The molecule has 0 aliphatic heterocycles. The first kappa shape index (κ1) is 13.7. The molecule has 0 spiro atoms. The summed E-state index contributed by atoms with van der Waals surface area (Å²) in [6, 6.07) is 8.83. The van der Waals surface area contributed by atoms with Gasteiger partial charge in [-0.3, -0.25) is 0 Å². The summed E-state index contributed by atoms with van der Waals surface area (Å²) in [7, 11) is 0. The molecule has 20 heavy (non-hydrogen) atoms. The van der Waals surface area contributed by atoms with Crippen LogP contribution in [0.3, 0.4) is 0 Å². The first-order valence-electron chi connectivity index (χ1n) is 5.72. The van der Waals surface area contributed by atoms with Crippen LogP contribution in [0.5, 0.6) is 0 Å². The smallest absolute Gasteiger partial charge is 0.145 e. The zero-order valence-electron chi connectivity index (χ0n) is 10.6. The minimum absolute atomic E-state index is 0.0208. The van der Waals surface area contributed by atoms with Gasteiger partial charge >= 0.3 is 0 Å². The third kappa shape index (κ3) is 2.97. The van der Waals surface area contributed by atoms with Gasteiger partial charge in [0.15, 0.2) is 0 Å². The fourth-order valence-electron chi connectivity index (χ4n) is 1.61. The Labute approximate surface area is 121 Å². The van der Waals surface area contributed by atoms with Crippen molar-refractivity contribution in [1.29, 1.82) is 10.5 Å². The largest absolute Gasteiger partial charge is 0.358 e. The molecule has 1 aromatic heterocycles. The third-order valence-electron chi connectivity index (χ3n) is 2.53. The van der Waals surface area contributed by atoms with Crippen LogP contribution < -0.4 is 5.32 Å². The number of anilines is 1. The Morgan fingerprint density at radius 3 is 2.75 bits per heavy atom. The molecule has 2 rings (SSSR count). The van der Waals surface area contributed by atoms with E-state index in [1.165, 1.54) is 6.20 Å². The van der Waals surface area contributed by atoms with E-state index in [1.807, 2.05) is 19.2 Å². The minimum atomic E-state index is -0.0208. The number of rotatable bonds is 3. The van der Waals surface area contributed by atoms with Crippen LogP contribution in [0.4, 0.5) is 5.69 Å². The summed E-state index contributed by atoms with van der Waals surface area (Å²) >= 11 is 5.97. The lowest BCUT2D eigenvalue weighted by molar-refractivity contribution is 0.882. The molecule has 2 aromatic rings. The van der Waals surface area contributed by atoms with E-state index < -0.39 is 0 Å². The highest BCUT2D eigenvalue weighted by Gasteiger charge is 2.06. The molecule has 0 aliphatic rings. The Morgan fingerprint density at radius 1 is 1.40 bits per heavy atom. The topological polar surface area (TPSA) is 77.4 Å². The second-order valence-electron chi connectivity index (χ2n) is 4.05. The van der Waals surface area contributed by atoms with Crippen LogP contribution in [0, 0.1) is 29.6 Å². The number of halogens is 1. The Kier molecular flexibility index (Phi) is 4.05. The Balaban J connectivity index is 2.42. The maximum Gasteiger partial charge on any atom is 0.145 e. The van der Waals surface area contributed by atoms with Crippen LogP contribution >= 0.6 is 11.6 Å². The Hall–Kier alpha value is -2.76. The minimum Gasteiger partial charge on any atom is -0.358 e. The second kappa shape index (κ2) is 5.92. The third-order valence-corrected chi connectivity index (χ3v) is 2.77. The molecule has 0 bridgehead atoms. The zero-order valence-corrected chi connectivity index (χ0v) is 11.4. The van der Waals surface area contributed by atoms with Crippen LogP contribution in [0.25, 0.3) is 5.69 Å². The lowest BCUT2D eigenvalue weighted by Crippen LogP contribution is -2.00. The standard InChI is InChI=1S/C14H10ClN5/c1-10-7-19-20(9-10)14-3-2-12(15)4-13(14)18-8-11(5-16)6-17/h2-4,7-9,18H,1H3. The number of hydrogen-bond donors (Lipinski definition) is 1. The highest BCUT2D eigenvalue weighted by atomic mass is 35.5. The molecule has 0 aliphatic carbocycles. The molecule has 0 atom stereocenters. The van der Waals surface area contributed by atoms with Gasteiger partial charge in [-0.15, -0.1) is 0 Å². The average Bonchev–Trinajstić information content (AvgIpc) is 2.86. The molecule has 0 fully saturated rings. The van der Waals surface area contributed by atoms with Gasteiger partial charge in [-0.2, -0.15) is 15.6 Å². The van der Waals surface area contributed by atoms with Gasteiger partial charge in [-0.25, -0.2) is 4.68 Å². The van der Waals surface area contributed by atoms with Crippen molar-refractivity contribution in [2.75, 3.05) is 5.32 Å².